The number of thioether (sulfide) groups is 1. The predicted molar refractivity (Wildman–Crippen MR) is 99.4 cm³/mol. The first-order valence-electron chi connectivity index (χ1n) is 7.37. The molecule has 0 unspecified atom stereocenters. The second-order valence-corrected chi connectivity index (χ2v) is 7.82. The van der Waals surface area contributed by atoms with Gasteiger partial charge in [0.15, 0.2) is 16.7 Å². The van der Waals surface area contributed by atoms with Gasteiger partial charge in [-0.3, -0.25) is 10.1 Å². The number of carbonyl (C=O) groups is 1. The van der Waals surface area contributed by atoms with Crippen molar-refractivity contribution >= 4 is 38.9 Å². The summed E-state index contributed by atoms with van der Waals surface area (Å²) < 4.78 is 33.2. The Bertz CT molecular complexity index is 1010. The molecule has 1 aliphatic rings. The van der Waals surface area contributed by atoms with E-state index in [9.17, 15) is 18.3 Å². The highest BCUT2D eigenvalue weighted by molar-refractivity contribution is 8.19. The average Bonchev–Trinajstić information content (AvgIpc) is 2.95. The molecule has 0 atom stereocenters. The molecule has 2 N–H and O–H groups in total. The van der Waals surface area contributed by atoms with Crippen LogP contribution in [0.25, 0.3) is 6.08 Å². The molecule has 0 aromatic heterocycles. The van der Waals surface area contributed by atoms with E-state index < -0.39 is 15.9 Å². The smallest absolute Gasteiger partial charge is 0.284 e. The highest BCUT2D eigenvalue weighted by atomic mass is 32.2. The van der Waals surface area contributed by atoms with Gasteiger partial charge in [-0.05, 0) is 47.7 Å². The third kappa shape index (κ3) is 3.89. The second-order valence-electron chi connectivity index (χ2n) is 5.18. The van der Waals surface area contributed by atoms with Gasteiger partial charge in [0.2, 0.25) is 0 Å². The molecule has 1 aliphatic heterocycles. The van der Waals surface area contributed by atoms with Crippen LogP contribution in [0.5, 0.6) is 11.5 Å². The minimum atomic E-state index is -3.91. The molecule has 0 spiro atoms. The fourth-order valence-corrected chi connectivity index (χ4v) is 4.17. The zero-order chi connectivity index (χ0) is 18.7. The number of sulfonamides is 1. The van der Waals surface area contributed by atoms with E-state index in [1.165, 1.54) is 25.3 Å². The van der Waals surface area contributed by atoms with Crippen LogP contribution in [0.4, 0.5) is 0 Å². The maximum Gasteiger partial charge on any atom is 0.284 e. The maximum absolute atomic E-state index is 12.3. The van der Waals surface area contributed by atoms with Crippen molar-refractivity contribution in [2.45, 2.75) is 4.90 Å². The van der Waals surface area contributed by atoms with Crippen LogP contribution in [0.1, 0.15) is 5.56 Å². The summed E-state index contributed by atoms with van der Waals surface area (Å²) in [4.78, 5) is 12.4. The third-order valence-electron chi connectivity index (χ3n) is 3.40. The molecule has 134 valence electrons. The van der Waals surface area contributed by atoms with Crippen molar-refractivity contribution in [1.82, 2.24) is 5.32 Å². The van der Waals surface area contributed by atoms with Crippen molar-refractivity contribution in [3.05, 3.63) is 59.0 Å². The van der Waals surface area contributed by atoms with E-state index in [2.05, 4.69) is 9.71 Å². The monoisotopic (exact) mass is 390 g/mol. The third-order valence-corrected chi connectivity index (χ3v) is 5.71. The highest BCUT2D eigenvalue weighted by Gasteiger charge is 2.26. The van der Waals surface area contributed by atoms with E-state index in [-0.39, 0.29) is 26.5 Å². The van der Waals surface area contributed by atoms with Crippen molar-refractivity contribution in [3.8, 4) is 11.5 Å². The van der Waals surface area contributed by atoms with E-state index in [0.717, 1.165) is 11.8 Å². The topological polar surface area (TPSA) is 105 Å². The van der Waals surface area contributed by atoms with Gasteiger partial charge >= 0.3 is 0 Å². The Kier molecular flexibility index (Phi) is 5.01. The summed E-state index contributed by atoms with van der Waals surface area (Å²) in [5.74, 6) is -0.207. The van der Waals surface area contributed by atoms with Crippen LogP contribution in [-0.4, -0.2) is 31.7 Å². The molecule has 9 heteroatoms. The Balaban J connectivity index is 1.87. The first-order valence-corrected chi connectivity index (χ1v) is 9.62. The number of hydrogen-bond acceptors (Lipinski definition) is 6. The highest BCUT2D eigenvalue weighted by Crippen LogP contribution is 2.31. The number of carbonyl (C=O) groups excluding carboxylic acids is 1. The number of ether oxygens (including phenoxy) is 1. The van der Waals surface area contributed by atoms with Gasteiger partial charge in [0.25, 0.3) is 15.9 Å². The Hall–Kier alpha value is -2.78. The van der Waals surface area contributed by atoms with Crippen molar-refractivity contribution in [2.24, 2.45) is 4.40 Å². The molecule has 0 aliphatic carbocycles. The number of nitrogens with zero attached hydrogens (tertiary/aromatic N) is 1. The van der Waals surface area contributed by atoms with E-state index >= 15 is 0 Å². The van der Waals surface area contributed by atoms with Crippen LogP contribution >= 0.6 is 11.8 Å². The molecule has 1 amide bonds. The zero-order valence-electron chi connectivity index (χ0n) is 13.5. The van der Waals surface area contributed by atoms with Crippen LogP contribution in [0.3, 0.4) is 0 Å². The molecular formula is C17H14N2O5S2. The predicted octanol–water partition coefficient (Wildman–Crippen LogP) is 2.35. The Labute approximate surface area is 154 Å². The molecule has 1 fully saturated rings. The fourth-order valence-electron chi connectivity index (χ4n) is 2.16. The molecule has 3 rings (SSSR count). The molecular weight excluding hydrogens is 376 g/mol. The Morgan fingerprint density at radius 1 is 1.19 bits per heavy atom. The van der Waals surface area contributed by atoms with Crippen molar-refractivity contribution in [2.75, 3.05) is 7.11 Å². The maximum atomic E-state index is 12.3. The van der Waals surface area contributed by atoms with Gasteiger partial charge < -0.3 is 9.84 Å². The normalized spacial score (nSPS) is 17.5. The van der Waals surface area contributed by atoms with Gasteiger partial charge in [-0.15, -0.1) is 4.40 Å². The van der Waals surface area contributed by atoms with Crippen LogP contribution in [-0.2, 0) is 14.8 Å². The van der Waals surface area contributed by atoms with Gasteiger partial charge in [0.05, 0.1) is 16.9 Å². The summed E-state index contributed by atoms with van der Waals surface area (Å²) in [6.07, 6.45) is 1.56. The number of amides is 1. The number of methoxy groups -OCH3 is 1. The fraction of sp³-hybridized carbons (Fsp3) is 0.0588. The van der Waals surface area contributed by atoms with Crippen LogP contribution in [0, 0.1) is 0 Å². The lowest BCUT2D eigenvalue weighted by molar-refractivity contribution is -0.115. The van der Waals surface area contributed by atoms with Gasteiger partial charge in [-0.25, -0.2) is 0 Å². The number of phenolic OH excluding ortho intramolecular Hbond substituents is 1. The Morgan fingerprint density at radius 3 is 2.62 bits per heavy atom. The summed E-state index contributed by atoms with van der Waals surface area (Å²) in [6.45, 7) is 0. The summed E-state index contributed by atoms with van der Waals surface area (Å²) in [6, 6.07) is 12.4. The number of rotatable bonds is 4. The van der Waals surface area contributed by atoms with Gasteiger partial charge in [0.1, 0.15) is 0 Å². The number of nitrogens with one attached hydrogen (secondary N) is 1. The lowest BCUT2D eigenvalue weighted by Crippen LogP contribution is -2.20. The zero-order valence-corrected chi connectivity index (χ0v) is 15.2. The summed E-state index contributed by atoms with van der Waals surface area (Å²) in [5, 5.41) is 12.0. The number of benzene rings is 2. The molecule has 0 radical (unpaired) electrons. The molecule has 0 saturated carbocycles. The first kappa shape index (κ1) is 18.0. The summed E-state index contributed by atoms with van der Waals surface area (Å²) in [5.41, 5.74) is 0.615. The van der Waals surface area contributed by atoms with Crippen molar-refractivity contribution in [1.29, 1.82) is 0 Å². The molecule has 7 nitrogen and oxygen atoms in total. The number of amidine groups is 1. The van der Waals surface area contributed by atoms with E-state index in [1.54, 1.807) is 36.4 Å². The second kappa shape index (κ2) is 7.22. The van der Waals surface area contributed by atoms with Gasteiger partial charge in [0, 0.05) is 0 Å². The molecule has 1 heterocycles. The lowest BCUT2D eigenvalue weighted by atomic mass is 10.2. The number of hydrogen-bond donors (Lipinski definition) is 2. The van der Waals surface area contributed by atoms with Crippen LogP contribution in [0.2, 0.25) is 0 Å². The SMILES string of the molecule is COc1cc(/C=C2/S/C(=N/S(=O)(=O)c3ccccc3)NC2=O)ccc1O. The summed E-state index contributed by atoms with van der Waals surface area (Å²) >= 11 is 0.921. The number of aromatic hydroxyl groups is 1. The molecule has 2 aromatic carbocycles. The standard InChI is InChI=1S/C17H14N2O5S2/c1-24-14-9-11(7-8-13(14)20)10-15-16(21)18-17(25-15)19-26(22,23)12-5-3-2-4-6-12/h2-10,20H,1H3,(H,18,19,21)/b15-10+. The van der Waals surface area contributed by atoms with Crippen LogP contribution < -0.4 is 10.1 Å². The molecule has 26 heavy (non-hydrogen) atoms. The van der Waals surface area contributed by atoms with Gasteiger partial charge in [-0.2, -0.15) is 8.42 Å². The van der Waals surface area contributed by atoms with E-state index in [0.29, 0.717) is 5.56 Å². The first-order chi connectivity index (χ1) is 12.4. The lowest BCUT2D eigenvalue weighted by Gasteiger charge is -2.03. The average molecular weight is 390 g/mol. The molecule has 0 bridgehead atoms. The van der Waals surface area contributed by atoms with E-state index in [1.807, 2.05) is 0 Å². The van der Waals surface area contributed by atoms with Crippen molar-refractivity contribution < 1.29 is 23.1 Å². The minimum absolute atomic E-state index is 0.0177. The minimum Gasteiger partial charge on any atom is -0.504 e. The molecule has 1 saturated heterocycles. The van der Waals surface area contributed by atoms with Crippen LogP contribution in [0.15, 0.2) is 62.7 Å². The van der Waals surface area contributed by atoms with Gasteiger partial charge in [-0.1, -0.05) is 24.3 Å². The largest absolute Gasteiger partial charge is 0.504 e. The quantitative estimate of drug-likeness (QED) is 0.777. The van der Waals surface area contributed by atoms with E-state index in [4.69, 9.17) is 4.74 Å². The summed E-state index contributed by atoms with van der Waals surface area (Å²) in [7, 11) is -2.49. The number of phenols is 1. The molecule has 2 aromatic rings. The van der Waals surface area contributed by atoms with Crippen molar-refractivity contribution in [3.63, 3.8) is 0 Å². The Morgan fingerprint density at radius 2 is 1.92 bits per heavy atom.